The Bertz CT molecular complexity index is 1020. The van der Waals surface area contributed by atoms with E-state index in [1.54, 1.807) is 13.0 Å². The van der Waals surface area contributed by atoms with Crippen molar-refractivity contribution >= 4 is 29.0 Å². The third-order valence-corrected chi connectivity index (χ3v) is 5.04. The fourth-order valence-electron chi connectivity index (χ4n) is 2.44. The largest absolute Gasteiger partial charge is 0.335 e. The van der Waals surface area contributed by atoms with Gasteiger partial charge in [0.15, 0.2) is 5.82 Å². The number of aryl methyl sites for hydroxylation is 1. The number of nitrogens with two attached hydrogens (primary N) is 1. The van der Waals surface area contributed by atoms with Gasteiger partial charge < -0.3 is 11.2 Å². The molecule has 0 bridgehead atoms. The summed E-state index contributed by atoms with van der Waals surface area (Å²) in [5, 5.41) is 21.6. The van der Waals surface area contributed by atoms with Gasteiger partial charge in [-0.1, -0.05) is 53.7 Å². The highest BCUT2D eigenvalue weighted by atomic mass is 32.2. The molecule has 1 atom stereocenters. The zero-order valence-electron chi connectivity index (χ0n) is 15.2. The molecule has 0 saturated carbocycles. The zero-order valence-corrected chi connectivity index (χ0v) is 16.0. The van der Waals surface area contributed by atoms with Crippen LogP contribution in [0.1, 0.15) is 12.5 Å². The normalized spacial score (nSPS) is 11.8. The van der Waals surface area contributed by atoms with Gasteiger partial charge in [-0.05, 0) is 19.9 Å². The lowest BCUT2D eigenvalue weighted by Gasteiger charge is -2.11. The number of hydrogen-bond acceptors (Lipinski definition) is 7. The van der Waals surface area contributed by atoms with Crippen LogP contribution in [0.15, 0.2) is 53.7 Å². The number of rotatable bonds is 6. The lowest BCUT2D eigenvalue weighted by molar-refractivity contribution is -0.383. The molecule has 3 aromatic rings. The van der Waals surface area contributed by atoms with Gasteiger partial charge in [0.05, 0.1) is 10.2 Å². The first-order chi connectivity index (χ1) is 13.4. The summed E-state index contributed by atoms with van der Waals surface area (Å²) in [7, 11) is 0. The molecule has 144 valence electrons. The van der Waals surface area contributed by atoms with Crippen LogP contribution in [0.2, 0.25) is 0 Å². The van der Waals surface area contributed by atoms with Crippen LogP contribution in [-0.4, -0.2) is 31.0 Å². The smallest absolute Gasteiger partial charge is 0.292 e. The van der Waals surface area contributed by atoms with Crippen LogP contribution in [0.3, 0.4) is 0 Å². The molecule has 3 N–H and O–H groups in total. The SMILES string of the molecule is Cc1ccc(-c2nnc(S[C@@H](C)C(=O)Nc3ccccc3[N+](=O)[O-])n2N)cc1. The first-order valence-electron chi connectivity index (χ1n) is 8.35. The molecule has 10 heteroatoms. The van der Waals surface area contributed by atoms with Crippen molar-refractivity contribution in [2.45, 2.75) is 24.3 Å². The van der Waals surface area contributed by atoms with Gasteiger partial charge in [-0.25, -0.2) is 4.68 Å². The summed E-state index contributed by atoms with van der Waals surface area (Å²) in [4.78, 5) is 23.0. The molecule has 28 heavy (non-hydrogen) atoms. The van der Waals surface area contributed by atoms with E-state index in [4.69, 9.17) is 5.84 Å². The highest BCUT2D eigenvalue weighted by molar-refractivity contribution is 8.00. The molecule has 0 fully saturated rings. The van der Waals surface area contributed by atoms with E-state index in [1.165, 1.54) is 22.9 Å². The van der Waals surface area contributed by atoms with Crippen molar-refractivity contribution in [2.75, 3.05) is 11.2 Å². The Balaban J connectivity index is 1.73. The lowest BCUT2D eigenvalue weighted by Crippen LogP contribution is -2.24. The van der Waals surface area contributed by atoms with E-state index in [0.717, 1.165) is 22.9 Å². The molecular formula is C18H18N6O3S. The Morgan fingerprint density at radius 3 is 2.57 bits per heavy atom. The minimum absolute atomic E-state index is 0.138. The van der Waals surface area contributed by atoms with E-state index in [9.17, 15) is 14.9 Å². The molecule has 1 heterocycles. The van der Waals surface area contributed by atoms with Crippen molar-refractivity contribution in [3.63, 3.8) is 0 Å². The topological polar surface area (TPSA) is 129 Å². The summed E-state index contributed by atoms with van der Waals surface area (Å²) < 4.78 is 1.32. The third kappa shape index (κ3) is 4.12. The third-order valence-electron chi connectivity index (χ3n) is 3.98. The van der Waals surface area contributed by atoms with Crippen LogP contribution in [0, 0.1) is 17.0 Å². The molecule has 0 saturated heterocycles. The summed E-state index contributed by atoms with van der Waals surface area (Å²) in [5.41, 5.74) is 1.89. The summed E-state index contributed by atoms with van der Waals surface area (Å²) in [6.45, 7) is 3.64. The Morgan fingerprint density at radius 1 is 1.21 bits per heavy atom. The predicted molar refractivity (Wildman–Crippen MR) is 107 cm³/mol. The van der Waals surface area contributed by atoms with Crippen LogP contribution < -0.4 is 11.2 Å². The number of thioether (sulfide) groups is 1. The Morgan fingerprint density at radius 2 is 1.89 bits per heavy atom. The van der Waals surface area contributed by atoms with Gasteiger partial charge in [-0.15, -0.1) is 10.2 Å². The van der Waals surface area contributed by atoms with Gasteiger partial charge >= 0.3 is 0 Å². The summed E-state index contributed by atoms with van der Waals surface area (Å²) in [6.07, 6.45) is 0. The molecule has 3 rings (SSSR count). The van der Waals surface area contributed by atoms with E-state index in [2.05, 4.69) is 15.5 Å². The molecule has 1 amide bonds. The fourth-order valence-corrected chi connectivity index (χ4v) is 3.21. The molecule has 0 aliphatic rings. The first-order valence-corrected chi connectivity index (χ1v) is 9.23. The van der Waals surface area contributed by atoms with E-state index in [1.807, 2.05) is 31.2 Å². The molecule has 0 aliphatic carbocycles. The zero-order chi connectivity index (χ0) is 20.3. The van der Waals surface area contributed by atoms with Gasteiger partial charge in [0.1, 0.15) is 5.69 Å². The highest BCUT2D eigenvalue weighted by Crippen LogP contribution is 2.27. The summed E-state index contributed by atoms with van der Waals surface area (Å²) >= 11 is 1.11. The second-order valence-electron chi connectivity index (χ2n) is 6.07. The minimum Gasteiger partial charge on any atom is -0.335 e. The maximum Gasteiger partial charge on any atom is 0.292 e. The molecular weight excluding hydrogens is 380 g/mol. The van der Waals surface area contributed by atoms with Gasteiger partial charge in [0.2, 0.25) is 11.1 Å². The van der Waals surface area contributed by atoms with Crippen LogP contribution in [0.5, 0.6) is 0 Å². The Labute approximate surface area is 165 Å². The monoisotopic (exact) mass is 398 g/mol. The number of aromatic nitrogens is 3. The van der Waals surface area contributed by atoms with Crippen LogP contribution in [-0.2, 0) is 4.79 Å². The van der Waals surface area contributed by atoms with Gasteiger partial charge in [-0.3, -0.25) is 14.9 Å². The van der Waals surface area contributed by atoms with Crippen molar-refractivity contribution in [1.82, 2.24) is 14.9 Å². The van der Waals surface area contributed by atoms with Crippen molar-refractivity contribution in [2.24, 2.45) is 0 Å². The standard InChI is InChI=1S/C18H18N6O3S/c1-11-7-9-13(10-8-11)16-21-22-18(23(16)19)28-12(2)17(25)20-14-5-3-4-6-15(14)24(26)27/h3-10,12H,19H2,1-2H3,(H,20,25)/t12-/m0/s1. The van der Waals surface area contributed by atoms with Gasteiger partial charge in [0.25, 0.3) is 5.69 Å². The number of nitro groups is 1. The number of anilines is 1. The van der Waals surface area contributed by atoms with E-state index in [0.29, 0.717) is 11.0 Å². The number of amides is 1. The average Bonchev–Trinajstić information content (AvgIpc) is 3.03. The fraction of sp³-hybridized carbons (Fsp3) is 0.167. The number of hydrogen-bond donors (Lipinski definition) is 2. The average molecular weight is 398 g/mol. The predicted octanol–water partition coefficient (Wildman–Crippen LogP) is 2.99. The molecule has 1 aromatic heterocycles. The van der Waals surface area contributed by atoms with Gasteiger partial charge in [-0.2, -0.15) is 0 Å². The van der Waals surface area contributed by atoms with Crippen molar-refractivity contribution in [3.05, 3.63) is 64.2 Å². The highest BCUT2D eigenvalue weighted by Gasteiger charge is 2.22. The minimum atomic E-state index is -0.600. The Hall–Kier alpha value is -3.40. The number of carbonyl (C=O) groups excluding carboxylic acids is 1. The molecule has 0 aliphatic heterocycles. The van der Waals surface area contributed by atoms with Crippen molar-refractivity contribution < 1.29 is 9.72 Å². The van der Waals surface area contributed by atoms with Crippen molar-refractivity contribution in [3.8, 4) is 11.4 Å². The molecule has 9 nitrogen and oxygen atoms in total. The number of nitrogens with one attached hydrogen (secondary N) is 1. The van der Waals surface area contributed by atoms with Crippen LogP contribution >= 0.6 is 11.8 Å². The molecule has 2 aromatic carbocycles. The number of carbonyl (C=O) groups is 1. The van der Waals surface area contributed by atoms with Gasteiger partial charge in [0, 0.05) is 11.6 Å². The second-order valence-corrected chi connectivity index (χ2v) is 7.37. The lowest BCUT2D eigenvalue weighted by atomic mass is 10.1. The second kappa shape index (κ2) is 8.09. The van der Waals surface area contributed by atoms with Crippen LogP contribution in [0.25, 0.3) is 11.4 Å². The molecule has 0 radical (unpaired) electrons. The number of nitrogen functional groups attached to an aromatic ring is 1. The maximum atomic E-state index is 12.5. The first kappa shape index (κ1) is 19.4. The van der Waals surface area contributed by atoms with E-state index in [-0.39, 0.29) is 11.4 Å². The Kier molecular flexibility index (Phi) is 5.59. The van der Waals surface area contributed by atoms with Crippen molar-refractivity contribution in [1.29, 1.82) is 0 Å². The number of benzene rings is 2. The number of nitro benzene ring substituents is 1. The number of para-hydroxylation sites is 2. The summed E-state index contributed by atoms with van der Waals surface area (Å²) in [5.74, 6) is 6.16. The number of nitrogens with zero attached hydrogens (tertiary/aromatic N) is 4. The van der Waals surface area contributed by atoms with E-state index >= 15 is 0 Å². The van der Waals surface area contributed by atoms with E-state index < -0.39 is 16.1 Å². The summed E-state index contributed by atoms with van der Waals surface area (Å²) in [6, 6.07) is 13.6. The quantitative estimate of drug-likeness (QED) is 0.282. The van der Waals surface area contributed by atoms with Crippen LogP contribution in [0.4, 0.5) is 11.4 Å². The maximum absolute atomic E-state index is 12.5. The molecule has 0 spiro atoms. The molecule has 0 unspecified atom stereocenters.